The number of hydrazone groups is 1. The van der Waals surface area contributed by atoms with Gasteiger partial charge < -0.3 is 14.2 Å². The van der Waals surface area contributed by atoms with Crippen LogP contribution in [-0.4, -0.2) is 32.3 Å². The van der Waals surface area contributed by atoms with Crippen molar-refractivity contribution in [1.82, 2.24) is 5.43 Å². The second-order valence-electron chi connectivity index (χ2n) is 7.25. The molecule has 7 nitrogen and oxygen atoms in total. The predicted octanol–water partition coefficient (Wildman–Crippen LogP) is 4.84. The van der Waals surface area contributed by atoms with Crippen LogP contribution < -0.4 is 19.6 Å². The van der Waals surface area contributed by atoms with Crippen molar-refractivity contribution in [3.8, 4) is 17.2 Å². The molecule has 34 heavy (non-hydrogen) atoms. The second-order valence-corrected chi connectivity index (χ2v) is 7.25. The molecule has 0 bridgehead atoms. The number of carbonyl (C=O) groups excluding carboxylic acids is 2. The summed E-state index contributed by atoms with van der Waals surface area (Å²) in [7, 11) is 3.02. The van der Waals surface area contributed by atoms with E-state index in [4.69, 9.17) is 14.2 Å². The highest BCUT2D eigenvalue weighted by Gasteiger charge is 2.13. The number of fused-ring (bicyclic) bond motifs is 1. The van der Waals surface area contributed by atoms with E-state index in [1.165, 1.54) is 20.4 Å². The van der Waals surface area contributed by atoms with Gasteiger partial charge in [-0.2, -0.15) is 5.10 Å². The largest absolute Gasteiger partial charge is 0.493 e. The Hall–Kier alpha value is -4.65. The molecule has 1 amide bonds. The van der Waals surface area contributed by atoms with Crippen LogP contribution >= 0.6 is 0 Å². The minimum Gasteiger partial charge on any atom is -0.493 e. The lowest BCUT2D eigenvalue weighted by atomic mass is 10.0. The third-order valence-electron chi connectivity index (χ3n) is 5.12. The zero-order valence-corrected chi connectivity index (χ0v) is 18.6. The molecule has 0 radical (unpaired) electrons. The van der Waals surface area contributed by atoms with Crippen molar-refractivity contribution in [3.05, 3.63) is 102 Å². The van der Waals surface area contributed by atoms with Gasteiger partial charge in [-0.25, -0.2) is 10.2 Å². The lowest BCUT2D eigenvalue weighted by Gasteiger charge is -2.09. The van der Waals surface area contributed by atoms with Crippen molar-refractivity contribution in [3.63, 3.8) is 0 Å². The van der Waals surface area contributed by atoms with Crippen molar-refractivity contribution in [1.29, 1.82) is 0 Å². The molecule has 170 valence electrons. The molecule has 0 fully saturated rings. The van der Waals surface area contributed by atoms with Gasteiger partial charge in [0.2, 0.25) is 0 Å². The van der Waals surface area contributed by atoms with E-state index in [1.54, 1.807) is 48.5 Å². The fourth-order valence-corrected chi connectivity index (χ4v) is 3.40. The first-order valence-electron chi connectivity index (χ1n) is 10.4. The number of hydrogen-bond acceptors (Lipinski definition) is 6. The highest BCUT2D eigenvalue weighted by atomic mass is 16.5. The Bertz CT molecular complexity index is 1360. The summed E-state index contributed by atoms with van der Waals surface area (Å²) in [5, 5.41) is 5.88. The minimum atomic E-state index is -0.523. The van der Waals surface area contributed by atoms with Crippen molar-refractivity contribution in [2.24, 2.45) is 5.10 Å². The summed E-state index contributed by atoms with van der Waals surface area (Å²) in [5.41, 5.74) is 4.16. The van der Waals surface area contributed by atoms with E-state index in [0.29, 0.717) is 28.4 Å². The van der Waals surface area contributed by atoms with Gasteiger partial charge in [-0.15, -0.1) is 0 Å². The van der Waals surface area contributed by atoms with Gasteiger partial charge in [-0.1, -0.05) is 36.4 Å². The van der Waals surface area contributed by atoms with Crippen LogP contribution in [0.2, 0.25) is 0 Å². The van der Waals surface area contributed by atoms with Crippen LogP contribution in [0.3, 0.4) is 0 Å². The summed E-state index contributed by atoms with van der Waals surface area (Å²) in [6, 6.07) is 24.8. The fraction of sp³-hybridized carbons (Fsp3) is 0.0741. The molecule has 0 heterocycles. The molecule has 0 saturated heterocycles. The Kier molecular flexibility index (Phi) is 6.84. The van der Waals surface area contributed by atoms with Crippen molar-refractivity contribution in [2.45, 2.75) is 0 Å². The number of amides is 1. The van der Waals surface area contributed by atoms with Crippen LogP contribution in [0.5, 0.6) is 17.2 Å². The maximum Gasteiger partial charge on any atom is 0.343 e. The normalized spacial score (nSPS) is 10.8. The summed E-state index contributed by atoms with van der Waals surface area (Å²) in [6.07, 6.45) is 1.52. The number of carbonyl (C=O) groups is 2. The molecule has 0 saturated carbocycles. The summed E-state index contributed by atoms with van der Waals surface area (Å²) < 4.78 is 15.8. The van der Waals surface area contributed by atoms with E-state index in [-0.39, 0.29) is 5.91 Å². The van der Waals surface area contributed by atoms with E-state index in [2.05, 4.69) is 10.5 Å². The van der Waals surface area contributed by atoms with Gasteiger partial charge >= 0.3 is 5.97 Å². The molecule has 0 atom stereocenters. The highest BCUT2D eigenvalue weighted by molar-refractivity contribution is 6.07. The Morgan fingerprint density at radius 2 is 1.56 bits per heavy atom. The number of nitrogens with zero attached hydrogens (tertiary/aromatic N) is 1. The lowest BCUT2D eigenvalue weighted by Crippen LogP contribution is -2.17. The zero-order chi connectivity index (χ0) is 23.9. The molecule has 4 aromatic carbocycles. The maximum absolute atomic E-state index is 12.5. The van der Waals surface area contributed by atoms with Gasteiger partial charge in [0, 0.05) is 5.56 Å². The van der Waals surface area contributed by atoms with E-state index in [1.807, 2.05) is 36.4 Å². The quantitative estimate of drug-likeness (QED) is 0.187. The van der Waals surface area contributed by atoms with Crippen LogP contribution in [0, 0.1) is 0 Å². The number of benzene rings is 4. The van der Waals surface area contributed by atoms with Gasteiger partial charge in [0.25, 0.3) is 5.91 Å². The number of nitrogens with one attached hydrogen (secondary N) is 1. The topological polar surface area (TPSA) is 86.2 Å². The third-order valence-corrected chi connectivity index (χ3v) is 5.12. The van der Waals surface area contributed by atoms with E-state index >= 15 is 0 Å². The van der Waals surface area contributed by atoms with E-state index < -0.39 is 5.97 Å². The maximum atomic E-state index is 12.5. The number of rotatable bonds is 7. The summed E-state index contributed by atoms with van der Waals surface area (Å²) >= 11 is 0. The monoisotopic (exact) mass is 454 g/mol. The molecule has 1 N–H and O–H groups in total. The van der Waals surface area contributed by atoms with Crippen LogP contribution in [0.25, 0.3) is 10.8 Å². The Morgan fingerprint density at radius 3 is 2.32 bits per heavy atom. The molecule has 0 aromatic heterocycles. The van der Waals surface area contributed by atoms with Gasteiger partial charge in [-0.3, -0.25) is 4.79 Å². The molecule has 0 aliphatic heterocycles. The molecule has 0 spiro atoms. The lowest BCUT2D eigenvalue weighted by molar-refractivity contribution is 0.0734. The van der Waals surface area contributed by atoms with Gasteiger partial charge in [0.15, 0.2) is 11.5 Å². The predicted molar refractivity (Wildman–Crippen MR) is 130 cm³/mol. The number of esters is 1. The van der Waals surface area contributed by atoms with E-state index in [0.717, 1.165) is 16.3 Å². The average Bonchev–Trinajstić information content (AvgIpc) is 2.88. The second kappa shape index (κ2) is 10.3. The number of methoxy groups -OCH3 is 2. The van der Waals surface area contributed by atoms with Crippen LogP contribution in [0.15, 0.2) is 90.0 Å². The average molecular weight is 454 g/mol. The molecule has 0 aliphatic rings. The molecule has 4 aromatic rings. The summed E-state index contributed by atoms with van der Waals surface area (Å²) in [5.74, 6) is 0.513. The SMILES string of the molecule is COc1ccc(C(=O)Oc2ccc(/C=N\NC(=O)c3cccc4ccccc34)cc2)cc1OC. The molecule has 0 aliphatic carbocycles. The standard InChI is InChI=1S/C27H22N2O5/c1-32-24-15-12-20(16-25(24)33-2)27(31)34-21-13-10-18(11-14-21)17-28-29-26(30)23-9-5-7-19-6-3-4-8-22(19)23/h3-17H,1-2H3,(H,29,30)/b28-17-. The first-order valence-corrected chi connectivity index (χ1v) is 10.4. The molecular formula is C27H22N2O5. The molecule has 4 rings (SSSR count). The van der Waals surface area contributed by atoms with Crippen molar-refractivity contribution < 1.29 is 23.8 Å². The van der Waals surface area contributed by atoms with Crippen molar-refractivity contribution >= 4 is 28.9 Å². The summed E-state index contributed by atoms with van der Waals surface area (Å²) in [6.45, 7) is 0. The molecular weight excluding hydrogens is 432 g/mol. The first kappa shape index (κ1) is 22.5. The summed E-state index contributed by atoms with van der Waals surface area (Å²) in [4.78, 5) is 25.0. The van der Waals surface area contributed by atoms with Crippen LogP contribution in [0.1, 0.15) is 26.3 Å². The first-order chi connectivity index (χ1) is 16.6. The number of hydrogen-bond donors (Lipinski definition) is 1. The zero-order valence-electron chi connectivity index (χ0n) is 18.6. The van der Waals surface area contributed by atoms with Crippen LogP contribution in [0.4, 0.5) is 0 Å². The van der Waals surface area contributed by atoms with Gasteiger partial charge in [0.05, 0.1) is 26.0 Å². The van der Waals surface area contributed by atoms with Gasteiger partial charge in [0.1, 0.15) is 5.75 Å². The van der Waals surface area contributed by atoms with Crippen molar-refractivity contribution in [2.75, 3.05) is 14.2 Å². The Labute approximate surface area is 196 Å². The fourth-order valence-electron chi connectivity index (χ4n) is 3.40. The Morgan fingerprint density at radius 1 is 0.824 bits per heavy atom. The smallest absolute Gasteiger partial charge is 0.343 e. The number of ether oxygens (including phenoxy) is 3. The minimum absolute atomic E-state index is 0.298. The van der Waals surface area contributed by atoms with Crippen LogP contribution in [-0.2, 0) is 0 Å². The molecule has 7 heteroatoms. The highest BCUT2D eigenvalue weighted by Crippen LogP contribution is 2.28. The van der Waals surface area contributed by atoms with E-state index in [9.17, 15) is 9.59 Å². The van der Waals surface area contributed by atoms with Gasteiger partial charge in [-0.05, 0) is 64.9 Å². The molecule has 0 unspecified atom stereocenters. The third kappa shape index (κ3) is 5.05. The Balaban J connectivity index is 1.38.